The summed E-state index contributed by atoms with van der Waals surface area (Å²) < 4.78 is 5.37. The summed E-state index contributed by atoms with van der Waals surface area (Å²) in [6.45, 7) is 5.34. The Morgan fingerprint density at radius 3 is 2.19 bits per heavy atom. The molecule has 0 aromatic carbocycles. The van der Waals surface area contributed by atoms with Crippen molar-refractivity contribution < 1.29 is 25.2 Å². The van der Waals surface area contributed by atoms with Crippen molar-refractivity contribution in [3.8, 4) is 0 Å². The van der Waals surface area contributed by atoms with Crippen molar-refractivity contribution in [2.24, 2.45) is 5.92 Å². The van der Waals surface area contributed by atoms with Crippen LogP contribution in [-0.2, 0) is 4.74 Å². The highest BCUT2D eigenvalue weighted by atomic mass is 16.5. The summed E-state index contributed by atoms with van der Waals surface area (Å²) in [4.78, 5) is 0. The maximum absolute atomic E-state index is 9.73. The van der Waals surface area contributed by atoms with Gasteiger partial charge in [0.2, 0.25) is 0 Å². The van der Waals surface area contributed by atoms with Crippen LogP contribution in [0.1, 0.15) is 19.8 Å². The van der Waals surface area contributed by atoms with E-state index in [2.05, 4.69) is 6.92 Å². The number of rotatable bonds is 4. The van der Waals surface area contributed by atoms with Crippen LogP contribution in [0, 0.1) is 12.8 Å². The predicted octanol–water partition coefficient (Wildman–Crippen LogP) is -0.921. The van der Waals surface area contributed by atoms with E-state index in [1.54, 1.807) is 0 Å². The molecule has 5 heteroatoms. The fraction of sp³-hybridized carbons (Fsp3) is 0.909. The average Bonchev–Trinajstić information content (AvgIpc) is 2.29. The summed E-state index contributed by atoms with van der Waals surface area (Å²) in [5, 5.41) is 37.8. The number of hydrogen-bond donors (Lipinski definition) is 4. The number of ether oxygens (including phenoxy) is 1. The lowest BCUT2D eigenvalue weighted by molar-refractivity contribution is -0.232. The summed E-state index contributed by atoms with van der Waals surface area (Å²) in [6.07, 6.45) is -3.78. The summed E-state index contributed by atoms with van der Waals surface area (Å²) in [5.74, 6) is 0.251. The SMILES string of the molecule is [CH2]CC(C)C[C@@H]1O[C@H](CO)[C@@H](O)[C@H](O)[C@H]1O. The summed E-state index contributed by atoms with van der Waals surface area (Å²) >= 11 is 0. The standard InChI is InChI=1S/C11H21O5/c1-3-6(2)4-7-9(13)11(15)10(14)8(5-12)16-7/h6-15H,1,3-5H2,2H3/t6?,7-,8+,9-,10+,11+/m0/s1. The third-order valence-corrected chi connectivity index (χ3v) is 3.12. The van der Waals surface area contributed by atoms with Crippen molar-refractivity contribution in [1.29, 1.82) is 0 Å². The van der Waals surface area contributed by atoms with Crippen molar-refractivity contribution in [1.82, 2.24) is 0 Å². The van der Waals surface area contributed by atoms with Gasteiger partial charge in [0.15, 0.2) is 0 Å². The molecule has 4 N–H and O–H groups in total. The highest BCUT2D eigenvalue weighted by molar-refractivity contribution is 4.92. The van der Waals surface area contributed by atoms with Gasteiger partial charge >= 0.3 is 0 Å². The summed E-state index contributed by atoms with van der Waals surface area (Å²) in [6, 6.07) is 0. The van der Waals surface area contributed by atoms with Gasteiger partial charge in [-0.3, -0.25) is 0 Å². The summed E-state index contributed by atoms with van der Waals surface area (Å²) in [7, 11) is 0. The molecule has 1 heterocycles. The Morgan fingerprint density at radius 2 is 1.69 bits per heavy atom. The summed E-state index contributed by atoms with van der Waals surface area (Å²) in [5.41, 5.74) is 0. The van der Waals surface area contributed by atoms with E-state index in [1.165, 1.54) is 0 Å². The minimum Gasteiger partial charge on any atom is -0.394 e. The molecule has 0 amide bonds. The molecular formula is C11H21O5. The quantitative estimate of drug-likeness (QED) is 0.504. The van der Waals surface area contributed by atoms with Gasteiger partial charge < -0.3 is 25.2 Å². The number of aliphatic hydroxyl groups is 4. The van der Waals surface area contributed by atoms with Crippen LogP contribution in [0.4, 0.5) is 0 Å². The normalized spacial score (nSPS) is 42.0. The molecule has 1 aliphatic heterocycles. The number of hydrogen-bond acceptors (Lipinski definition) is 5. The van der Waals surface area contributed by atoms with E-state index in [4.69, 9.17) is 9.84 Å². The lowest BCUT2D eigenvalue weighted by Gasteiger charge is -2.40. The Morgan fingerprint density at radius 1 is 1.12 bits per heavy atom. The van der Waals surface area contributed by atoms with Crippen LogP contribution in [0.25, 0.3) is 0 Å². The van der Waals surface area contributed by atoms with Gasteiger partial charge in [-0.2, -0.15) is 0 Å². The molecule has 0 saturated carbocycles. The Bertz CT molecular complexity index is 209. The fourth-order valence-corrected chi connectivity index (χ4v) is 1.89. The zero-order chi connectivity index (χ0) is 12.3. The van der Waals surface area contributed by atoms with Gasteiger partial charge in [-0.1, -0.05) is 20.3 Å². The smallest absolute Gasteiger partial charge is 0.111 e. The van der Waals surface area contributed by atoms with Crippen molar-refractivity contribution in [2.75, 3.05) is 6.61 Å². The van der Waals surface area contributed by atoms with Crippen LogP contribution in [0.2, 0.25) is 0 Å². The van der Waals surface area contributed by atoms with E-state index >= 15 is 0 Å². The molecule has 95 valence electrons. The molecular weight excluding hydrogens is 212 g/mol. The molecule has 16 heavy (non-hydrogen) atoms. The Balaban J connectivity index is 2.63. The molecule has 0 aromatic rings. The van der Waals surface area contributed by atoms with E-state index in [0.29, 0.717) is 12.8 Å². The minimum absolute atomic E-state index is 0.251. The van der Waals surface area contributed by atoms with Gasteiger partial charge in [-0.15, -0.1) is 0 Å². The molecule has 0 aliphatic carbocycles. The van der Waals surface area contributed by atoms with Crippen LogP contribution in [-0.4, -0.2) is 57.6 Å². The first-order valence-electron chi connectivity index (χ1n) is 5.61. The van der Waals surface area contributed by atoms with Crippen LogP contribution in [0.5, 0.6) is 0 Å². The molecule has 6 atom stereocenters. The number of aliphatic hydroxyl groups excluding tert-OH is 4. The molecule has 1 saturated heterocycles. The molecule has 0 spiro atoms. The third-order valence-electron chi connectivity index (χ3n) is 3.12. The van der Waals surface area contributed by atoms with Crippen molar-refractivity contribution in [2.45, 2.75) is 50.3 Å². The van der Waals surface area contributed by atoms with Crippen molar-refractivity contribution in [3.63, 3.8) is 0 Å². The van der Waals surface area contributed by atoms with Gasteiger partial charge in [0.25, 0.3) is 0 Å². The lowest BCUT2D eigenvalue weighted by atomic mass is 9.89. The highest BCUT2D eigenvalue weighted by Crippen LogP contribution is 2.26. The molecule has 0 aromatic heterocycles. The monoisotopic (exact) mass is 233 g/mol. The third kappa shape index (κ3) is 2.93. The maximum Gasteiger partial charge on any atom is 0.111 e. The van der Waals surface area contributed by atoms with Crippen LogP contribution in [0.15, 0.2) is 0 Å². The van der Waals surface area contributed by atoms with E-state index in [1.807, 2.05) is 6.92 Å². The molecule has 1 fully saturated rings. The molecule has 1 radical (unpaired) electrons. The Kier molecular flexibility index (Phi) is 5.14. The Hall–Kier alpha value is -0.200. The van der Waals surface area contributed by atoms with E-state index in [-0.39, 0.29) is 12.5 Å². The average molecular weight is 233 g/mol. The second kappa shape index (κ2) is 5.93. The Labute approximate surface area is 95.7 Å². The highest BCUT2D eigenvalue weighted by Gasteiger charge is 2.43. The topological polar surface area (TPSA) is 90.2 Å². The first-order valence-corrected chi connectivity index (χ1v) is 5.61. The van der Waals surface area contributed by atoms with Crippen molar-refractivity contribution in [3.05, 3.63) is 6.92 Å². The van der Waals surface area contributed by atoms with Gasteiger partial charge in [0.05, 0.1) is 12.7 Å². The lowest BCUT2D eigenvalue weighted by Crippen LogP contribution is -2.58. The van der Waals surface area contributed by atoms with Gasteiger partial charge in [-0.25, -0.2) is 0 Å². The molecule has 1 unspecified atom stereocenters. The molecule has 1 rings (SSSR count). The zero-order valence-electron chi connectivity index (χ0n) is 9.49. The predicted molar refractivity (Wildman–Crippen MR) is 57.5 cm³/mol. The van der Waals surface area contributed by atoms with Crippen LogP contribution < -0.4 is 0 Å². The van der Waals surface area contributed by atoms with Gasteiger partial charge in [0, 0.05) is 0 Å². The zero-order valence-corrected chi connectivity index (χ0v) is 9.49. The first-order chi connectivity index (χ1) is 7.51. The van der Waals surface area contributed by atoms with E-state index in [0.717, 1.165) is 0 Å². The van der Waals surface area contributed by atoms with E-state index < -0.39 is 30.5 Å². The van der Waals surface area contributed by atoms with Crippen LogP contribution in [0.3, 0.4) is 0 Å². The second-order valence-corrected chi connectivity index (χ2v) is 4.50. The first kappa shape index (κ1) is 13.9. The minimum atomic E-state index is -1.27. The second-order valence-electron chi connectivity index (χ2n) is 4.50. The molecule has 0 bridgehead atoms. The largest absolute Gasteiger partial charge is 0.394 e. The van der Waals surface area contributed by atoms with Crippen molar-refractivity contribution >= 4 is 0 Å². The van der Waals surface area contributed by atoms with E-state index in [9.17, 15) is 15.3 Å². The van der Waals surface area contributed by atoms with Gasteiger partial charge in [0.1, 0.15) is 24.4 Å². The van der Waals surface area contributed by atoms with Gasteiger partial charge in [-0.05, 0) is 12.3 Å². The molecule has 1 aliphatic rings. The molecule has 5 nitrogen and oxygen atoms in total. The van der Waals surface area contributed by atoms with Crippen LogP contribution >= 0.6 is 0 Å². The maximum atomic E-state index is 9.73. The fourth-order valence-electron chi connectivity index (χ4n) is 1.89.